The molecule has 1 aromatic carbocycles. The number of amides is 1. The molecule has 1 aromatic rings. The first-order chi connectivity index (χ1) is 8.70. The van der Waals surface area contributed by atoms with Crippen molar-refractivity contribution in [3.8, 4) is 0 Å². The van der Waals surface area contributed by atoms with Gasteiger partial charge in [-0.2, -0.15) is 0 Å². The van der Waals surface area contributed by atoms with E-state index in [1.165, 1.54) is 12.0 Å². The number of nitrogens with one attached hydrogen (secondary N) is 1. The molecule has 1 aliphatic rings. The average molecular weight is 246 g/mol. The third-order valence-corrected chi connectivity index (χ3v) is 3.82. The Morgan fingerprint density at radius 2 is 2.06 bits per heavy atom. The van der Waals surface area contributed by atoms with E-state index in [1.807, 2.05) is 30.1 Å². The summed E-state index contributed by atoms with van der Waals surface area (Å²) in [5, 5.41) is 3.31. The van der Waals surface area contributed by atoms with Crippen LogP contribution in [0.4, 0.5) is 0 Å². The fourth-order valence-corrected chi connectivity index (χ4v) is 2.45. The summed E-state index contributed by atoms with van der Waals surface area (Å²) in [4.78, 5) is 14.2. The van der Waals surface area contributed by atoms with E-state index < -0.39 is 0 Å². The fraction of sp³-hybridized carbons (Fsp3) is 0.533. The Morgan fingerprint density at radius 3 is 2.67 bits per heavy atom. The van der Waals surface area contributed by atoms with Gasteiger partial charge in [0.15, 0.2) is 0 Å². The van der Waals surface area contributed by atoms with Crippen molar-refractivity contribution < 1.29 is 4.79 Å². The van der Waals surface area contributed by atoms with E-state index in [2.05, 4.69) is 24.4 Å². The second-order valence-corrected chi connectivity index (χ2v) is 5.04. The van der Waals surface area contributed by atoms with Gasteiger partial charge in [0.2, 0.25) is 5.91 Å². The maximum Gasteiger partial charge on any atom is 0.239 e. The van der Waals surface area contributed by atoms with Gasteiger partial charge in [-0.25, -0.2) is 0 Å². The quantitative estimate of drug-likeness (QED) is 0.888. The highest BCUT2D eigenvalue weighted by Gasteiger charge is 2.26. The molecule has 1 aliphatic heterocycles. The number of carbonyl (C=O) groups excluding carboxylic acids is 1. The summed E-state index contributed by atoms with van der Waals surface area (Å²) in [6, 6.07) is 10.3. The Bertz CT molecular complexity index is 385. The van der Waals surface area contributed by atoms with Crippen molar-refractivity contribution in [2.45, 2.75) is 38.3 Å². The van der Waals surface area contributed by atoms with E-state index in [0.29, 0.717) is 0 Å². The molecular formula is C15H22N2O. The van der Waals surface area contributed by atoms with Crippen LogP contribution in [-0.2, 0) is 4.79 Å². The normalized spacial score (nSPS) is 21.3. The lowest BCUT2D eigenvalue weighted by atomic mass is 10.0. The van der Waals surface area contributed by atoms with Crippen LogP contribution >= 0.6 is 0 Å². The van der Waals surface area contributed by atoms with Crippen molar-refractivity contribution in [2.75, 3.05) is 13.6 Å². The van der Waals surface area contributed by atoms with Crippen molar-refractivity contribution in [3.05, 3.63) is 35.9 Å². The van der Waals surface area contributed by atoms with Crippen molar-refractivity contribution >= 4 is 5.91 Å². The molecule has 0 radical (unpaired) electrons. The summed E-state index contributed by atoms with van der Waals surface area (Å²) < 4.78 is 0. The van der Waals surface area contributed by atoms with Gasteiger partial charge in [-0.05, 0) is 31.9 Å². The number of hydrogen-bond acceptors (Lipinski definition) is 2. The van der Waals surface area contributed by atoms with Crippen LogP contribution in [0.1, 0.15) is 37.8 Å². The Kier molecular flexibility index (Phi) is 4.37. The van der Waals surface area contributed by atoms with E-state index in [1.54, 1.807) is 0 Å². The second kappa shape index (κ2) is 6.01. The Hall–Kier alpha value is -1.35. The third kappa shape index (κ3) is 2.91. The highest BCUT2D eigenvalue weighted by Crippen LogP contribution is 2.20. The summed E-state index contributed by atoms with van der Waals surface area (Å²) in [7, 11) is 1.90. The molecule has 18 heavy (non-hydrogen) atoms. The van der Waals surface area contributed by atoms with Gasteiger partial charge in [0, 0.05) is 7.05 Å². The Labute approximate surface area is 109 Å². The van der Waals surface area contributed by atoms with Crippen LogP contribution in [-0.4, -0.2) is 30.4 Å². The van der Waals surface area contributed by atoms with Gasteiger partial charge < -0.3 is 10.2 Å². The minimum Gasteiger partial charge on any atom is -0.338 e. The number of piperidine rings is 1. The zero-order valence-electron chi connectivity index (χ0n) is 11.2. The van der Waals surface area contributed by atoms with Gasteiger partial charge in [-0.15, -0.1) is 0 Å². The molecule has 1 unspecified atom stereocenters. The van der Waals surface area contributed by atoms with Gasteiger partial charge in [-0.3, -0.25) is 4.79 Å². The van der Waals surface area contributed by atoms with E-state index in [0.717, 1.165) is 19.4 Å². The zero-order chi connectivity index (χ0) is 13.0. The number of carbonyl (C=O) groups is 1. The molecular weight excluding hydrogens is 224 g/mol. The molecule has 1 amide bonds. The molecule has 2 atom stereocenters. The van der Waals surface area contributed by atoms with Gasteiger partial charge in [0.1, 0.15) is 0 Å². The molecule has 3 nitrogen and oxygen atoms in total. The molecule has 1 N–H and O–H groups in total. The first-order valence-electron chi connectivity index (χ1n) is 6.75. The summed E-state index contributed by atoms with van der Waals surface area (Å²) in [6.07, 6.45) is 3.30. The number of nitrogens with zero attached hydrogens (tertiary/aromatic N) is 1. The molecule has 2 rings (SSSR count). The summed E-state index contributed by atoms with van der Waals surface area (Å²) in [5.41, 5.74) is 1.18. The van der Waals surface area contributed by atoms with Crippen LogP contribution in [0.25, 0.3) is 0 Å². The van der Waals surface area contributed by atoms with Crippen molar-refractivity contribution in [1.82, 2.24) is 10.2 Å². The first-order valence-corrected chi connectivity index (χ1v) is 6.75. The van der Waals surface area contributed by atoms with E-state index in [-0.39, 0.29) is 18.0 Å². The molecule has 1 fully saturated rings. The minimum absolute atomic E-state index is 0.00918. The van der Waals surface area contributed by atoms with Crippen LogP contribution in [0, 0.1) is 0 Å². The zero-order valence-corrected chi connectivity index (χ0v) is 11.2. The second-order valence-electron chi connectivity index (χ2n) is 5.04. The van der Waals surface area contributed by atoms with Crippen molar-refractivity contribution in [3.63, 3.8) is 0 Å². The molecule has 0 bridgehead atoms. The van der Waals surface area contributed by atoms with Crippen LogP contribution in [0.3, 0.4) is 0 Å². The monoisotopic (exact) mass is 246 g/mol. The van der Waals surface area contributed by atoms with Gasteiger partial charge in [0.25, 0.3) is 0 Å². The largest absolute Gasteiger partial charge is 0.338 e. The number of rotatable bonds is 3. The Balaban J connectivity index is 2.01. The van der Waals surface area contributed by atoms with Crippen LogP contribution in [0.5, 0.6) is 0 Å². The molecule has 0 aromatic heterocycles. The number of benzene rings is 1. The molecule has 1 saturated heterocycles. The smallest absolute Gasteiger partial charge is 0.239 e. The molecule has 0 saturated carbocycles. The highest BCUT2D eigenvalue weighted by molar-refractivity contribution is 5.82. The standard InChI is InChI=1S/C15H22N2O/c1-12(13-8-4-3-5-9-13)17(2)15(18)14-10-6-7-11-16-14/h3-5,8-9,12,14,16H,6-7,10-11H2,1-2H3/t12?,14-/m0/s1. The first kappa shape index (κ1) is 13.1. The molecule has 0 aliphatic carbocycles. The SMILES string of the molecule is CC(c1ccccc1)N(C)C(=O)[C@@H]1CCCCN1. The van der Waals surface area contributed by atoms with Crippen LogP contribution in [0.2, 0.25) is 0 Å². The maximum atomic E-state index is 12.4. The van der Waals surface area contributed by atoms with Gasteiger partial charge in [0.05, 0.1) is 12.1 Å². The van der Waals surface area contributed by atoms with Gasteiger partial charge >= 0.3 is 0 Å². The summed E-state index contributed by atoms with van der Waals surface area (Å²) in [5.74, 6) is 0.214. The minimum atomic E-state index is 0.00918. The van der Waals surface area contributed by atoms with Crippen LogP contribution in [0.15, 0.2) is 30.3 Å². The predicted molar refractivity (Wildman–Crippen MR) is 73.3 cm³/mol. The molecule has 1 heterocycles. The predicted octanol–water partition coefficient (Wildman–Crippen LogP) is 2.35. The lowest BCUT2D eigenvalue weighted by molar-refractivity contribution is -0.134. The molecule has 98 valence electrons. The lowest BCUT2D eigenvalue weighted by Crippen LogP contribution is -2.47. The van der Waals surface area contributed by atoms with Gasteiger partial charge in [-0.1, -0.05) is 36.8 Å². The van der Waals surface area contributed by atoms with Crippen molar-refractivity contribution in [1.29, 1.82) is 0 Å². The molecule has 3 heteroatoms. The van der Waals surface area contributed by atoms with E-state index >= 15 is 0 Å². The average Bonchev–Trinajstić information content (AvgIpc) is 2.47. The van der Waals surface area contributed by atoms with E-state index in [9.17, 15) is 4.79 Å². The Morgan fingerprint density at radius 1 is 1.33 bits per heavy atom. The maximum absolute atomic E-state index is 12.4. The summed E-state index contributed by atoms with van der Waals surface area (Å²) in [6.45, 7) is 3.04. The van der Waals surface area contributed by atoms with E-state index in [4.69, 9.17) is 0 Å². The lowest BCUT2D eigenvalue weighted by Gasteiger charge is -2.31. The summed E-state index contributed by atoms with van der Waals surface area (Å²) >= 11 is 0. The highest BCUT2D eigenvalue weighted by atomic mass is 16.2. The van der Waals surface area contributed by atoms with Crippen molar-refractivity contribution in [2.24, 2.45) is 0 Å². The number of likely N-dealkylation sites (N-methyl/N-ethyl adjacent to an activating group) is 1. The van der Waals surface area contributed by atoms with Crippen LogP contribution < -0.4 is 5.32 Å². The molecule has 0 spiro atoms. The number of hydrogen-bond donors (Lipinski definition) is 1. The third-order valence-electron chi connectivity index (χ3n) is 3.82. The topological polar surface area (TPSA) is 32.3 Å². The fourth-order valence-electron chi connectivity index (χ4n) is 2.45.